The van der Waals surface area contributed by atoms with Gasteiger partial charge in [-0.15, -0.1) is 0 Å². The molecule has 0 bridgehead atoms. The minimum absolute atomic E-state index is 0.0108. The molecule has 5 nitrogen and oxygen atoms in total. The molecule has 5 heteroatoms. The second-order valence-corrected chi connectivity index (χ2v) is 6.14. The van der Waals surface area contributed by atoms with Crippen LogP contribution in [0.25, 0.3) is 0 Å². The van der Waals surface area contributed by atoms with Crippen molar-refractivity contribution in [1.82, 2.24) is 10.2 Å². The van der Waals surface area contributed by atoms with Crippen LogP contribution in [0.15, 0.2) is 0 Å². The molecule has 0 radical (unpaired) electrons. The van der Waals surface area contributed by atoms with Gasteiger partial charge in [0.25, 0.3) is 0 Å². The number of rotatable bonds is 1. The van der Waals surface area contributed by atoms with E-state index in [1.54, 1.807) is 4.90 Å². The minimum atomic E-state index is -0.483. The number of ether oxygens (including phenoxy) is 1. The summed E-state index contributed by atoms with van der Waals surface area (Å²) in [5.74, 6) is -0.648. The number of nitrogens with zero attached hydrogens (tertiary/aromatic N) is 1. The van der Waals surface area contributed by atoms with Crippen LogP contribution in [0.3, 0.4) is 0 Å². The molecule has 0 aromatic rings. The fourth-order valence-corrected chi connectivity index (χ4v) is 2.42. The normalized spacial score (nSPS) is 29.3. The largest absolute Gasteiger partial charge is 0.374 e. The molecule has 2 rings (SSSR count). The summed E-state index contributed by atoms with van der Waals surface area (Å²) in [7, 11) is 0. The maximum Gasteiger partial charge on any atom is 0.235 e. The van der Waals surface area contributed by atoms with Crippen LogP contribution in [0.2, 0.25) is 0 Å². The van der Waals surface area contributed by atoms with Gasteiger partial charge in [-0.3, -0.25) is 9.59 Å². The van der Waals surface area contributed by atoms with Crippen molar-refractivity contribution >= 4 is 11.8 Å². The Labute approximate surface area is 108 Å². The summed E-state index contributed by atoms with van der Waals surface area (Å²) in [4.78, 5) is 25.6. The van der Waals surface area contributed by atoms with Gasteiger partial charge in [-0.1, -0.05) is 20.8 Å². The van der Waals surface area contributed by atoms with Gasteiger partial charge in [-0.25, -0.2) is 0 Å². The molecule has 18 heavy (non-hydrogen) atoms. The predicted octanol–water partition coefficient (Wildman–Crippen LogP) is 0.396. The Bertz CT molecular complexity index is 349. The Hall–Kier alpha value is -1.10. The summed E-state index contributed by atoms with van der Waals surface area (Å²) in [6, 6.07) is 0. The maximum absolute atomic E-state index is 12.3. The molecule has 2 aliphatic heterocycles. The standard InChI is InChI=1S/C13H22N2O3/c1-13(2,3)10-8-15(6-7-18-10)12(17)9-4-5-14-11(9)16/h9-10H,4-8H2,1-3H3,(H,14,16). The third kappa shape index (κ3) is 2.66. The molecule has 2 saturated heterocycles. The van der Waals surface area contributed by atoms with Crippen molar-refractivity contribution in [2.45, 2.75) is 33.3 Å². The van der Waals surface area contributed by atoms with Gasteiger partial charge >= 0.3 is 0 Å². The van der Waals surface area contributed by atoms with Crippen LogP contribution in [0.4, 0.5) is 0 Å². The van der Waals surface area contributed by atoms with E-state index in [9.17, 15) is 9.59 Å². The Balaban J connectivity index is 2.00. The lowest BCUT2D eigenvalue weighted by Gasteiger charge is -2.40. The molecule has 0 spiro atoms. The van der Waals surface area contributed by atoms with Gasteiger partial charge in [0.05, 0.1) is 12.7 Å². The Morgan fingerprint density at radius 2 is 2.17 bits per heavy atom. The molecule has 2 unspecified atom stereocenters. The van der Waals surface area contributed by atoms with Gasteiger partial charge in [-0.05, 0) is 11.8 Å². The smallest absolute Gasteiger partial charge is 0.235 e. The van der Waals surface area contributed by atoms with Crippen molar-refractivity contribution in [3.05, 3.63) is 0 Å². The molecule has 2 heterocycles. The van der Waals surface area contributed by atoms with Crippen molar-refractivity contribution < 1.29 is 14.3 Å². The number of amides is 2. The Morgan fingerprint density at radius 3 is 2.72 bits per heavy atom. The average molecular weight is 254 g/mol. The quantitative estimate of drug-likeness (QED) is 0.689. The summed E-state index contributed by atoms with van der Waals surface area (Å²) in [6.45, 7) is 8.67. The Morgan fingerprint density at radius 1 is 1.44 bits per heavy atom. The first-order valence-corrected chi connectivity index (χ1v) is 6.57. The van der Waals surface area contributed by atoms with Gasteiger partial charge in [0.2, 0.25) is 11.8 Å². The molecule has 102 valence electrons. The number of carbonyl (C=O) groups is 2. The van der Waals surface area contributed by atoms with Crippen LogP contribution in [0.5, 0.6) is 0 Å². The molecular weight excluding hydrogens is 232 g/mol. The average Bonchev–Trinajstić information content (AvgIpc) is 2.73. The van der Waals surface area contributed by atoms with Crippen molar-refractivity contribution in [3.8, 4) is 0 Å². The van der Waals surface area contributed by atoms with E-state index < -0.39 is 5.92 Å². The highest BCUT2D eigenvalue weighted by Gasteiger charge is 2.38. The van der Waals surface area contributed by atoms with E-state index >= 15 is 0 Å². The molecule has 0 aromatic carbocycles. The highest BCUT2D eigenvalue weighted by atomic mass is 16.5. The van der Waals surface area contributed by atoms with Gasteiger partial charge in [0, 0.05) is 19.6 Å². The zero-order valence-electron chi connectivity index (χ0n) is 11.4. The van der Waals surface area contributed by atoms with Crippen LogP contribution in [-0.4, -0.2) is 49.1 Å². The first kappa shape index (κ1) is 13.3. The summed E-state index contributed by atoms with van der Waals surface area (Å²) in [6.07, 6.45) is 0.662. The van der Waals surface area contributed by atoms with Gasteiger partial charge in [0.15, 0.2) is 0 Å². The lowest BCUT2D eigenvalue weighted by Crippen LogP contribution is -2.52. The monoisotopic (exact) mass is 254 g/mol. The molecule has 2 fully saturated rings. The van der Waals surface area contributed by atoms with Crippen molar-refractivity contribution in [1.29, 1.82) is 0 Å². The van der Waals surface area contributed by atoms with Gasteiger partial charge in [0.1, 0.15) is 5.92 Å². The van der Waals surface area contributed by atoms with E-state index in [-0.39, 0.29) is 23.3 Å². The van der Waals surface area contributed by atoms with Crippen LogP contribution in [0, 0.1) is 11.3 Å². The molecule has 2 amide bonds. The van der Waals surface area contributed by atoms with E-state index in [1.807, 2.05) is 0 Å². The summed E-state index contributed by atoms with van der Waals surface area (Å²) in [5.41, 5.74) is 0.0108. The maximum atomic E-state index is 12.3. The fraction of sp³-hybridized carbons (Fsp3) is 0.846. The molecule has 0 aromatic heterocycles. The van der Waals surface area contributed by atoms with Crippen LogP contribution in [-0.2, 0) is 14.3 Å². The van der Waals surface area contributed by atoms with E-state index in [0.29, 0.717) is 32.7 Å². The van der Waals surface area contributed by atoms with E-state index in [1.165, 1.54) is 0 Å². The molecule has 2 aliphatic rings. The van der Waals surface area contributed by atoms with Crippen molar-refractivity contribution in [3.63, 3.8) is 0 Å². The first-order chi connectivity index (χ1) is 8.39. The summed E-state index contributed by atoms with van der Waals surface area (Å²) < 4.78 is 5.72. The van der Waals surface area contributed by atoms with Crippen LogP contribution >= 0.6 is 0 Å². The van der Waals surface area contributed by atoms with Crippen molar-refractivity contribution in [2.75, 3.05) is 26.2 Å². The van der Waals surface area contributed by atoms with E-state index in [0.717, 1.165) is 0 Å². The third-order valence-corrected chi connectivity index (χ3v) is 3.69. The second kappa shape index (κ2) is 4.88. The SMILES string of the molecule is CC(C)(C)C1CN(C(=O)C2CCNC2=O)CCO1. The summed E-state index contributed by atoms with van der Waals surface area (Å²) in [5, 5.41) is 2.71. The fourth-order valence-electron chi connectivity index (χ4n) is 2.42. The lowest BCUT2D eigenvalue weighted by atomic mass is 9.87. The third-order valence-electron chi connectivity index (χ3n) is 3.69. The first-order valence-electron chi connectivity index (χ1n) is 6.57. The number of carbonyl (C=O) groups excluding carboxylic acids is 2. The van der Waals surface area contributed by atoms with Crippen molar-refractivity contribution in [2.24, 2.45) is 11.3 Å². The number of hydrogen-bond donors (Lipinski definition) is 1. The van der Waals surface area contributed by atoms with E-state index in [4.69, 9.17) is 4.74 Å². The Kier molecular flexibility index (Phi) is 3.61. The van der Waals surface area contributed by atoms with Gasteiger partial charge in [-0.2, -0.15) is 0 Å². The molecule has 2 atom stereocenters. The molecular formula is C13H22N2O3. The molecule has 0 saturated carbocycles. The number of morpholine rings is 1. The van der Waals surface area contributed by atoms with Gasteiger partial charge < -0.3 is 15.0 Å². The zero-order chi connectivity index (χ0) is 13.3. The highest BCUT2D eigenvalue weighted by Crippen LogP contribution is 2.26. The van der Waals surface area contributed by atoms with Crippen LogP contribution < -0.4 is 5.32 Å². The number of nitrogens with one attached hydrogen (secondary N) is 1. The lowest BCUT2D eigenvalue weighted by molar-refractivity contribution is -0.150. The second-order valence-electron chi connectivity index (χ2n) is 6.14. The minimum Gasteiger partial charge on any atom is -0.374 e. The highest BCUT2D eigenvalue weighted by molar-refractivity contribution is 6.01. The zero-order valence-corrected chi connectivity index (χ0v) is 11.4. The van der Waals surface area contributed by atoms with Crippen LogP contribution in [0.1, 0.15) is 27.2 Å². The number of hydrogen-bond acceptors (Lipinski definition) is 3. The van der Waals surface area contributed by atoms with E-state index in [2.05, 4.69) is 26.1 Å². The topological polar surface area (TPSA) is 58.6 Å². The molecule has 0 aliphatic carbocycles. The predicted molar refractivity (Wildman–Crippen MR) is 66.9 cm³/mol. The molecule has 1 N–H and O–H groups in total. The summed E-state index contributed by atoms with van der Waals surface area (Å²) >= 11 is 0.